The van der Waals surface area contributed by atoms with Crippen LogP contribution in [-0.4, -0.2) is 23.1 Å². The topological polar surface area (TPSA) is 47.0 Å². The van der Waals surface area contributed by atoms with Crippen LogP contribution in [0.25, 0.3) is 11.4 Å². The van der Waals surface area contributed by atoms with Crippen LogP contribution in [0.5, 0.6) is 5.88 Å². The molecule has 0 bridgehead atoms. The maximum Gasteiger partial charge on any atom is 0.219 e. The zero-order chi connectivity index (χ0) is 13.5. The van der Waals surface area contributed by atoms with E-state index in [0.29, 0.717) is 18.3 Å². The Bertz CT molecular complexity index is 514. The lowest BCUT2D eigenvalue weighted by Gasteiger charge is -2.09. The van der Waals surface area contributed by atoms with Gasteiger partial charge >= 0.3 is 0 Å². The standard InChI is InChI=1S/C15H19N3O/c1-3-10-16-13-11-14(19-4-2)18-15(17-13)12-8-6-5-7-9-12/h5-9,11H,3-4,10H2,1-2H3,(H,16,17,18). The van der Waals surface area contributed by atoms with Gasteiger partial charge in [0.05, 0.1) is 6.61 Å². The molecule has 0 aliphatic rings. The highest BCUT2D eigenvalue weighted by Crippen LogP contribution is 2.21. The number of ether oxygens (including phenoxy) is 1. The number of hydrogen-bond acceptors (Lipinski definition) is 4. The molecule has 0 saturated heterocycles. The summed E-state index contributed by atoms with van der Waals surface area (Å²) in [7, 11) is 0. The smallest absolute Gasteiger partial charge is 0.219 e. The molecule has 0 unspecified atom stereocenters. The highest BCUT2D eigenvalue weighted by molar-refractivity contribution is 5.58. The van der Waals surface area contributed by atoms with Crippen molar-refractivity contribution in [2.75, 3.05) is 18.5 Å². The first-order valence-electron chi connectivity index (χ1n) is 6.64. The predicted octanol–water partition coefficient (Wildman–Crippen LogP) is 3.36. The Hall–Kier alpha value is -2.10. The first kappa shape index (κ1) is 13.3. The fraction of sp³-hybridized carbons (Fsp3) is 0.333. The Morgan fingerprint density at radius 2 is 1.89 bits per heavy atom. The van der Waals surface area contributed by atoms with E-state index in [1.54, 1.807) is 0 Å². The predicted molar refractivity (Wildman–Crippen MR) is 77.4 cm³/mol. The molecule has 0 amide bonds. The Kier molecular flexibility index (Phi) is 4.72. The lowest BCUT2D eigenvalue weighted by Crippen LogP contribution is -2.05. The summed E-state index contributed by atoms with van der Waals surface area (Å²) in [5.74, 6) is 2.10. The summed E-state index contributed by atoms with van der Waals surface area (Å²) in [5, 5.41) is 3.27. The number of nitrogens with zero attached hydrogens (tertiary/aromatic N) is 2. The van der Waals surface area contributed by atoms with E-state index in [-0.39, 0.29) is 0 Å². The molecule has 0 aliphatic heterocycles. The molecule has 1 N–H and O–H groups in total. The molecule has 0 aliphatic carbocycles. The number of rotatable bonds is 6. The van der Waals surface area contributed by atoms with Crippen LogP contribution in [0.4, 0.5) is 5.82 Å². The molecule has 2 rings (SSSR count). The molecule has 1 aromatic heterocycles. The molecular formula is C15H19N3O. The molecule has 4 nitrogen and oxygen atoms in total. The van der Waals surface area contributed by atoms with Gasteiger partial charge in [0.2, 0.25) is 5.88 Å². The van der Waals surface area contributed by atoms with E-state index < -0.39 is 0 Å². The largest absolute Gasteiger partial charge is 0.478 e. The van der Waals surface area contributed by atoms with Crippen molar-refractivity contribution in [2.24, 2.45) is 0 Å². The second kappa shape index (κ2) is 6.73. The highest BCUT2D eigenvalue weighted by atomic mass is 16.5. The quantitative estimate of drug-likeness (QED) is 0.862. The SMILES string of the molecule is CCCNc1cc(OCC)nc(-c2ccccc2)n1. The maximum atomic E-state index is 5.50. The van der Waals surface area contributed by atoms with E-state index in [1.165, 1.54) is 0 Å². The molecule has 0 fully saturated rings. The minimum absolute atomic E-state index is 0.596. The minimum atomic E-state index is 0.596. The van der Waals surface area contributed by atoms with Crippen molar-refractivity contribution in [1.29, 1.82) is 0 Å². The molecule has 1 heterocycles. The molecular weight excluding hydrogens is 238 g/mol. The molecule has 100 valence electrons. The van der Waals surface area contributed by atoms with Gasteiger partial charge in [0.1, 0.15) is 5.82 Å². The first-order chi connectivity index (χ1) is 9.33. The zero-order valence-electron chi connectivity index (χ0n) is 11.4. The summed E-state index contributed by atoms with van der Waals surface area (Å²) in [4.78, 5) is 8.95. The van der Waals surface area contributed by atoms with Gasteiger partial charge in [-0.2, -0.15) is 4.98 Å². The van der Waals surface area contributed by atoms with Crippen LogP contribution in [0.1, 0.15) is 20.3 Å². The molecule has 0 atom stereocenters. The van der Waals surface area contributed by atoms with Crippen LogP contribution in [0.2, 0.25) is 0 Å². The Balaban J connectivity index is 2.33. The van der Waals surface area contributed by atoms with Crippen LogP contribution in [0, 0.1) is 0 Å². The van der Waals surface area contributed by atoms with Gasteiger partial charge in [-0.25, -0.2) is 4.98 Å². The summed E-state index contributed by atoms with van der Waals surface area (Å²) in [6, 6.07) is 11.8. The van der Waals surface area contributed by atoms with Gasteiger partial charge < -0.3 is 10.1 Å². The van der Waals surface area contributed by atoms with Gasteiger partial charge in [-0.15, -0.1) is 0 Å². The molecule has 4 heteroatoms. The fourth-order valence-electron chi connectivity index (χ4n) is 1.71. The molecule has 0 radical (unpaired) electrons. The van der Waals surface area contributed by atoms with Crippen molar-refractivity contribution in [1.82, 2.24) is 9.97 Å². The Labute approximate surface area is 113 Å². The summed E-state index contributed by atoms with van der Waals surface area (Å²) < 4.78 is 5.50. The van der Waals surface area contributed by atoms with E-state index in [4.69, 9.17) is 4.74 Å². The van der Waals surface area contributed by atoms with E-state index in [0.717, 1.165) is 24.3 Å². The van der Waals surface area contributed by atoms with E-state index in [1.807, 2.05) is 43.3 Å². The van der Waals surface area contributed by atoms with Gasteiger partial charge in [-0.05, 0) is 13.3 Å². The van der Waals surface area contributed by atoms with Crippen molar-refractivity contribution < 1.29 is 4.74 Å². The van der Waals surface area contributed by atoms with Gasteiger partial charge in [0.25, 0.3) is 0 Å². The van der Waals surface area contributed by atoms with Gasteiger partial charge in [0, 0.05) is 18.2 Å². The Morgan fingerprint density at radius 1 is 1.11 bits per heavy atom. The number of aromatic nitrogens is 2. The van der Waals surface area contributed by atoms with Crippen molar-refractivity contribution in [3.05, 3.63) is 36.4 Å². The number of anilines is 1. The van der Waals surface area contributed by atoms with Crippen molar-refractivity contribution in [2.45, 2.75) is 20.3 Å². The minimum Gasteiger partial charge on any atom is -0.478 e. The van der Waals surface area contributed by atoms with E-state index in [2.05, 4.69) is 22.2 Å². The second-order valence-electron chi connectivity index (χ2n) is 4.14. The number of benzene rings is 1. The lowest BCUT2D eigenvalue weighted by atomic mass is 10.2. The summed E-state index contributed by atoms with van der Waals surface area (Å²) >= 11 is 0. The first-order valence-corrected chi connectivity index (χ1v) is 6.64. The zero-order valence-corrected chi connectivity index (χ0v) is 11.4. The van der Waals surface area contributed by atoms with Crippen LogP contribution in [-0.2, 0) is 0 Å². The third-order valence-corrected chi connectivity index (χ3v) is 2.58. The van der Waals surface area contributed by atoms with Crippen molar-refractivity contribution in [3.8, 4) is 17.3 Å². The monoisotopic (exact) mass is 257 g/mol. The fourth-order valence-corrected chi connectivity index (χ4v) is 1.71. The van der Waals surface area contributed by atoms with Crippen molar-refractivity contribution >= 4 is 5.82 Å². The molecule has 2 aromatic rings. The van der Waals surface area contributed by atoms with E-state index in [9.17, 15) is 0 Å². The highest BCUT2D eigenvalue weighted by Gasteiger charge is 2.07. The average molecular weight is 257 g/mol. The van der Waals surface area contributed by atoms with E-state index >= 15 is 0 Å². The summed E-state index contributed by atoms with van der Waals surface area (Å²) in [6.07, 6.45) is 1.05. The third kappa shape index (κ3) is 3.68. The molecule has 19 heavy (non-hydrogen) atoms. The third-order valence-electron chi connectivity index (χ3n) is 2.58. The Morgan fingerprint density at radius 3 is 2.58 bits per heavy atom. The maximum absolute atomic E-state index is 5.50. The second-order valence-corrected chi connectivity index (χ2v) is 4.14. The summed E-state index contributed by atoms with van der Waals surface area (Å²) in [5.41, 5.74) is 0.989. The van der Waals surface area contributed by atoms with Crippen molar-refractivity contribution in [3.63, 3.8) is 0 Å². The normalized spacial score (nSPS) is 10.2. The van der Waals surface area contributed by atoms with Gasteiger partial charge in [-0.1, -0.05) is 37.3 Å². The van der Waals surface area contributed by atoms with Crippen LogP contribution >= 0.6 is 0 Å². The van der Waals surface area contributed by atoms with Gasteiger partial charge in [-0.3, -0.25) is 0 Å². The average Bonchev–Trinajstić information content (AvgIpc) is 2.46. The van der Waals surface area contributed by atoms with Gasteiger partial charge in [0.15, 0.2) is 5.82 Å². The van der Waals surface area contributed by atoms with Crippen LogP contribution < -0.4 is 10.1 Å². The number of nitrogens with one attached hydrogen (secondary N) is 1. The van der Waals surface area contributed by atoms with Crippen LogP contribution in [0.3, 0.4) is 0 Å². The molecule has 0 spiro atoms. The van der Waals surface area contributed by atoms with Crippen LogP contribution in [0.15, 0.2) is 36.4 Å². The lowest BCUT2D eigenvalue weighted by molar-refractivity contribution is 0.327. The molecule has 1 aromatic carbocycles. The molecule has 0 saturated carbocycles. The number of hydrogen-bond donors (Lipinski definition) is 1. The summed E-state index contributed by atoms with van der Waals surface area (Å²) in [6.45, 7) is 5.55.